The van der Waals surface area contributed by atoms with Crippen molar-refractivity contribution in [1.29, 1.82) is 0 Å². The highest BCUT2D eigenvalue weighted by molar-refractivity contribution is 4.82. The van der Waals surface area contributed by atoms with Crippen LogP contribution in [0.4, 0.5) is 0 Å². The molecule has 2 atom stereocenters. The van der Waals surface area contributed by atoms with Gasteiger partial charge in [-0.25, -0.2) is 0 Å². The molecule has 0 aromatic carbocycles. The van der Waals surface area contributed by atoms with Crippen molar-refractivity contribution in [2.45, 2.75) is 32.7 Å². The fourth-order valence-corrected chi connectivity index (χ4v) is 2.43. The molecule has 1 fully saturated rings. The molecule has 2 N–H and O–H groups in total. The summed E-state index contributed by atoms with van der Waals surface area (Å²) in [6, 6.07) is 0.580. The predicted octanol–water partition coefficient (Wildman–Crippen LogP) is 0.705. The van der Waals surface area contributed by atoms with E-state index in [1.807, 2.05) is 0 Å². The van der Waals surface area contributed by atoms with Crippen LogP contribution in [0.5, 0.6) is 0 Å². The molecule has 1 saturated heterocycles. The summed E-state index contributed by atoms with van der Waals surface area (Å²) in [5, 5.41) is 12.6. The van der Waals surface area contributed by atoms with Crippen LogP contribution in [0.25, 0.3) is 0 Å². The fraction of sp³-hybridized carbons (Fsp3) is 1.00. The van der Waals surface area contributed by atoms with Crippen molar-refractivity contribution >= 4 is 0 Å². The summed E-state index contributed by atoms with van der Waals surface area (Å²) in [4.78, 5) is 2.31. The first-order chi connectivity index (χ1) is 8.31. The number of rotatable bonds is 8. The van der Waals surface area contributed by atoms with Gasteiger partial charge in [0, 0.05) is 31.7 Å². The van der Waals surface area contributed by atoms with Crippen molar-refractivity contribution in [2.75, 3.05) is 46.0 Å². The average molecular weight is 244 g/mol. The monoisotopic (exact) mass is 244 g/mol. The van der Waals surface area contributed by atoms with Crippen LogP contribution in [0.15, 0.2) is 0 Å². The van der Waals surface area contributed by atoms with Crippen LogP contribution in [0.3, 0.4) is 0 Å². The van der Waals surface area contributed by atoms with Crippen molar-refractivity contribution < 1.29 is 9.84 Å². The van der Waals surface area contributed by atoms with E-state index in [1.54, 1.807) is 0 Å². The van der Waals surface area contributed by atoms with Gasteiger partial charge in [-0.05, 0) is 25.9 Å². The first-order valence-corrected chi connectivity index (χ1v) is 6.96. The van der Waals surface area contributed by atoms with E-state index in [1.165, 1.54) is 6.42 Å². The van der Waals surface area contributed by atoms with E-state index in [0.717, 1.165) is 45.8 Å². The summed E-state index contributed by atoms with van der Waals surface area (Å²) in [5.41, 5.74) is 0. The smallest absolute Gasteiger partial charge is 0.0558 e. The molecule has 4 heteroatoms. The minimum Gasteiger partial charge on any atom is -0.395 e. The van der Waals surface area contributed by atoms with Gasteiger partial charge in [0.15, 0.2) is 0 Å². The number of hydrogen-bond donors (Lipinski definition) is 2. The Hall–Kier alpha value is -0.160. The van der Waals surface area contributed by atoms with Crippen LogP contribution in [-0.2, 0) is 4.74 Å². The van der Waals surface area contributed by atoms with Crippen molar-refractivity contribution in [1.82, 2.24) is 10.2 Å². The molecule has 0 bridgehead atoms. The van der Waals surface area contributed by atoms with Gasteiger partial charge in [0.2, 0.25) is 0 Å². The maximum atomic E-state index is 9.02. The van der Waals surface area contributed by atoms with Crippen molar-refractivity contribution in [3.05, 3.63) is 0 Å². The van der Waals surface area contributed by atoms with E-state index in [4.69, 9.17) is 9.84 Å². The van der Waals surface area contributed by atoms with E-state index in [2.05, 4.69) is 24.1 Å². The average Bonchev–Trinajstić information content (AvgIpc) is 2.37. The number of nitrogens with zero attached hydrogens (tertiary/aromatic N) is 1. The van der Waals surface area contributed by atoms with Crippen LogP contribution >= 0.6 is 0 Å². The van der Waals surface area contributed by atoms with E-state index in [0.29, 0.717) is 12.0 Å². The zero-order chi connectivity index (χ0) is 12.5. The van der Waals surface area contributed by atoms with Crippen molar-refractivity contribution in [3.63, 3.8) is 0 Å². The molecule has 1 rings (SSSR count). The molecule has 1 aliphatic rings. The van der Waals surface area contributed by atoms with Crippen molar-refractivity contribution in [2.24, 2.45) is 5.92 Å². The van der Waals surface area contributed by atoms with Gasteiger partial charge >= 0.3 is 0 Å². The van der Waals surface area contributed by atoms with Crippen LogP contribution in [0.1, 0.15) is 26.7 Å². The highest BCUT2D eigenvalue weighted by Crippen LogP contribution is 2.16. The van der Waals surface area contributed by atoms with E-state index in [9.17, 15) is 0 Å². The first-order valence-electron chi connectivity index (χ1n) is 6.96. The van der Waals surface area contributed by atoms with E-state index < -0.39 is 0 Å². The second-order valence-electron chi connectivity index (χ2n) is 4.80. The molecule has 0 spiro atoms. The molecule has 0 aromatic heterocycles. The SMILES string of the molecule is CCCNC1CCOCC1CN(CC)CCO. The Morgan fingerprint density at radius 1 is 1.41 bits per heavy atom. The Morgan fingerprint density at radius 2 is 2.24 bits per heavy atom. The van der Waals surface area contributed by atoms with Gasteiger partial charge in [-0.3, -0.25) is 0 Å². The molecule has 0 saturated carbocycles. The minimum atomic E-state index is 0.245. The minimum absolute atomic E-state index is 0.245. The number of hydrogen-bond acceptors (Lipinski definition) is 4. The van der Waals surface area contributed by atoms with Gasteiger partial charge in [-0.15, -0.1) is 0 Å². The third-order valence-corrected chi connectivity index (χ3v) is 3.49. The standard InChI is InChI=1S/C13H28N2O2/c1-3-6-14-13-5-9-17-11-12(13)10-15(4-2)7-8-16/h12-14,16H,3-11H2,1-2H3. The lowest BCUT2D eigenvalue weighted by Crippen LogP contribution is -2.48. The molecule has 0 aliphatic carbocycles. The third kappa shape index (κ3) is 5.34. The number of likely N-dealkylation sites (N-methyl/N-ethyl adjacent to an activating group) is 1. The highest BCUT2D eigenvalue weighted by Gasteiger charge is 2.26. The number of aliphatic hydroxyl groups excluding tert-OH is 1. The zero-order valence-corrected chi connectivity index (χ0v) is 11.3. The molecular formula is C13H28N2O2. The first kappa shape index (κ1) is 14.9. The lowest BCUT2D eigenvalue weighted by Gasteiger charge is -2.35. The van der Waals surface area contributed by atoms with Crippen LogP contribution in [0, 0.1) is 5.92 Å². The Bertz CT molecular complexity index is 190. The number of aliphatic hydroxyl groups is 1. The molecule has 1 heterocycles. The molecule has 102 valence electrons. The lowest BCUT2D eigenvalue weighted by atomic mass is 9.95. The summed E-state index contributed by atoms with van der Waals surface area (Å²) < 4.78 is 5.59. The maximum Gasteiger partial charge on any atom is 0.0558 e. The Labute approximate surface area is 105 Å². The normalized spacial score (nSPS) is 25.4. The fourth-order valence-electron chi connectivity index (χ4n) is 2.43. The molecule has 0 amide bonds. The Morgan fingerprint density at radius 3 is 2.88 bits per heavy atom. The van der Waals surface area contributed by atoms with Crippen LogP contribution in [-0.4, -0.2) is 62.0 Å². The second kappa shape index (κ2) is 8.86. The Kier molecular flexibility index (Phi) is 7.77. The quantitative estimate of drug-likeness (QED) is 0.660. The predicted molar refractivity (Wildman–Crippen MR) is 70.2 cm³/mol. The molecule has 4 nitrogen and oxygen atoms in total. The maximum absolute atomic E-state index is 9.02. The van der Waals surface area contributed by atoms with Gasteiger partial charge in [0.05, 0.1) is 13.2 Å². The van der Waals surface area contributed by atoms with Gasteiger partial charge in [-0.2, -0.15) is 0 Å². The molecule has 0 radical (unpaired) electrons. The second-order valence-corrected chi connectivity index (χ2v) is 4.80. The summed E-state index contributed by atoms with van der Waals surface area (Å²) in [6.45, 7) is 10.2. The summed E-state index contributed by atoms with van der Waals surface area (Å²) >= 11 is 0. The number of nitrogens with one attached hydrogen (secondary N) is 1. The number of ether oxygens (including phenoxy) is 1. The summed E-state index contributed by atoms with van der Waals surface area (Å²) in [7, 11) is 0. The zero-order valence-electron chi connectivity index (χ0n) is 11.3. The highest BCUT2D eigenvalue weighted by atomic mass is 16.5. The summed E-state index contributed by atoms with van der Waals surface area (Å²) in [6.07, 6.45) is 2.29. The lowest BCUT2D eigenvalue weighted by molar-refractivity contribution is 0.0153. The van der Waals surface area contributed by atoms with E-state index >= 15 is 0 Å². The molecular weight excluding hydrogens is 216 g/mol. The van der Waals surface area contributed by atoms with Crippen LogP contribution in [0.2, 0.25) is 0 Å². The van der Waals surface area contributed by atoms with Crippen molar-refractivity contribution in [3.8, 4) is 0 Å². The van der Waals surface area contributed by atoms with E-state index in [-0.39, 0.29) is 6.61 Å². The van der Waals surface area contributed by atoms with Gasteiger partial charge in [0.25, 0.3) is 0 Å². The molecule has 2 unspecified atom stereocenters. The largest absolute Gasteiger partial charge is 0.395 e. The Balaban J connectivity index is 2.40. The molecule has 0 aromatic rings. The topological polar surface area (TPSA) is 44.7 Å². The third-order valence-electron chi connectivity index (χ3n) is 3.49. The summed E-state index contributed by atoms with van der Waals surface area (Å²) in [5.74, 6) is 0.557. The molecule has 1 aliphatic heterocycles. The van der Waals surface area contributed by atoms with Gasteiger partial charge < -0.3 is 20.1 Å². The van der Waals surface area contributed by atoms with Crippen LogP contribution < -0.4 is 5.32 Å². The molecule has 17 heavy (non-hydrogen) atoms. The van der Waals surface area contributed by atoms with Gasteiger partial charge in [0.1, 0.15) is 0 Å². The van der Waals surface area contributed by atoms with Gasteiger partial charge in [-0.1, -0.05) is 13.8 Å².